The van der Waals surface area contributed by atoms with E-state index in [9.17, 15) is 9.59 Å². The van der Waals surface area contributed by atoms with Crippen LogP contribution in [-0.2, 0) is 6.61 Å². The summed E-state index contributed by atoms with van der Waals surface area (Å²) in [5, 5.41) is 9.74. The predicted octanol–water partition coefficient (Wildman–Crippen LogP) is 5.41. The number of methoxy groups -OCH3 is 2. The molecule has 0 aliphatic heterocycles. The molecule has 168 valence electrons. The van der Waals surface area contributed by atoms with Crippen molar-refractivity contribution >= 4 is 28.5 Å². The van der Waals surface area contributed by atoms with E-state index in [1.54, 1.807) is 42.5 Å². The lowest BCUT2D eigenvalue weighted by molar-refractivity contribution is 0.0697. The molecule has 33 heavy (non-hydrogen) atoms. The molecule has 0 aliphatic carbocycles. The number of fused-ring (bicyclic) bond motifs is 1. The van der Waals surface area contributed by atoms with E-state index >= 15 is 0 Å². The third-order valence-corrected chi connectivity index (χ3v) is 5.28. The molecule has 0 spiro atoms. The Morgan fingerprint density at radius 2 is 1.70 bits per heavy atom. The SMILES string of the molecule is COc1ccc(-c2oc3ccc(Cl)cc3c(=O)c2OCc2ccc(C(=O)O)cc2)cc1OC. The summed E-state index contributed by atoms with van der Waals surface area (Å²) in [6.45, 7) is 0.0248. The van der Waals surface area contributed by atoms with Gasteiger partial charge in [0.25, 0.3) is 0 Å². The molecule has 0 radical (unpaired) electrons. The minimum Gasteiger partial charge on any atom is -0.493 e. The molecule has 0 bridgehead atoms. The first-order chi connectivity index (χ1) is 15.9. The Morgan fingerprint density at radius 3 is 2.36 bits per heavy atom. The second kappa shape index (κ2) is 9.26. The number of benzene rings is 3. The van der Waals surface area contributed by atoms with Gasteiger partial charge < -0.3 is 23.7 Å². The van der Waals surface area contributed by atoms with Crippen molar-refractivity contribution in [2.75, 3.05) is 14.2 Å². The maximum atomic E-state index is 13.3. The molecule has 4 rings (SSSR count). The molecule has 0 fully saturated rings. The number of aromatic carboxylic acids is 1. The summed E-state index contributed by atoms with van der Waals surface area (Å²) < 4.78 is 22.7. The molecule has 1 aromatic heterocycles. The number of carbonyl (C=O) groups is 1. The largest absolute Gasteiger partial charge is 0.493 e. The van der Waals surface area contributed by atoms with Gasteiger partial charge in [-0.25, -0.2) is 4.79 Å². The van der Waals surface area contributed by atoms with Gasteiger partial charge in [0, 0.05) is 10.6 Å². The zero-order chi connectivity index (χ0) is 23.5. The number of hydrogen-bond acceptors (Lipinski definition) is 6. The Hall–Kier alpha value is -3.97. The van der Waals surface area contributed by atoms with Gasteiger partial charge in [0.05, 0.1) is 25.2 Å². The van der Waals surface area contributed by atoms with E-state index in [0.29, 0.717) is 33.2 Å². The van der Waals surface area contributed by atoms with Gasteiger partial charge in [0.2, 0.25) is 11.2 Å². The molecule has 7 nitrogen and oxygen atoms in total. The average molecular weight is 467 g/mol. The summed E-state index contributed by atoms with van der Waals surface area (Å²) in [5.41, 5.74) is 1.37. The minimum absolute atomic E-state index is 0.000650. The van der Waals surface area contributed by atoms with Crippen molar-refractivity contribution < 1.29 is 28.5 Å². The zero-order valence-corrected chi connectivity index (χ0v) is 18.5. The number of ether oxygens (including phenoxy) is 3. The molecular weight excluding hydrogens is 448 g/mol. The van der Waals surface area contributed by atoms with E-state index < -0.39 is 5.97 Å². The monoisotopic (exact) mass is 466 g/mol. The summed E-state index contributed by atoms with van der Waals surface area (Å²) in [6, 6.07) is 16.1. The molecular formula is C25H19ClO7. The maximum Gasteiger partial charge on any atom is 0.335 e. The van der Waals surface area contributed by atoms with Crippen LogP contribution in [0.4, 0.5) is 0 Å². The fraction of sp³-hybridized carbons (Fsp3) is 0.120. The van der Waals surface area contributed by atoms with Gasteiger partial charge in [-0.3, -0.25) is 4.79 Å². The smallest absolute Gasteiger partial charge is 0.335 e. The van der Waals surface area contributed by atoms with Crippen molar-refractivity contribution in [2.45, 2.75) is 6.61 Å². The molecule has 1 N–H and O–H groups in total. The van der Waals surface area contributed by atoms with E-state index in [4.69, 9.17) is 35.3 Å². The van der Waals surface area contributed by atoms with Crippen LogP contribution in [0.15, 0.2) is 69.9 Å². The fourth-order valence-electron chi connectivity index (χ4n) is 3.35. The van der Waals surface area contributed by atoms with E-state index in [0.717, 1.165) is 0 Å². The Bertz CT molecular complexity index is 1390. The summed E-state index contributed by atoms with van der Waals surface area (Å²) in [6.07, 6.45) is 0. The molecule has 4 aromatic rings. The van der Waals surface area contributed by atoms with Gasteiger partial charge in [-0.1, -0.05) is 23.7 Å². The lowest BCUT2D eigenvalue weighted by Gasteiger charge is -2.14. The lowest BCUT2D eigenvalue weighted by atomic mass is 10.1. The van der Waals surface area contributed by atoms with Crippen molar-refractivity contribution in [3.8, 4) is 28.6 Å². The van der Waals surface area contributed by atoms with Crippen LogP contribution in [0.2, 0.25) is 5.02 Å². The molecule has 0 atom stereocenters. The van der Waals surface area contributed by atoms with Gasteiger partial charge in [0.15, 0.2) is 17.3 Å². The summed E-state index contributed by atoms with van der Waals surface area (Å²) >= 11 is 6.09. The summed E-state index contributed by atoms with van der Waals surface area (Å²) in [4.78, 5) is 24.4. The third-order valence-electron chi connectivity index (χ3n) is 5.04. The number of carboxylic acids is 1. The van der Waals surface area contributed by atoms with Gasteiger partial charge in [-0.05, 0) is 54.1 Å². The van der Waals surface area contributed by atoms with Gasteiger partial charge in [-0.2, -0.15) is 0 Å². The molecule has 0 aliphatic rings. The van der Waals surface area contributed by atoms with Crippen LogP contribution in [-0.4, -0.2) is 25.3 Å². The van der Waals surface area contributed by atoms with Crippen molar-refractivity contribution in [2.24, 2.45) is 0 Å². The number of rotatable bonds is 7. The Balaban J connectivity index is 1.81. The van der Waals surface area contributed by atoms with Crippen LogP contribution in [0.5, 0.6) is 17.2 Å². The first-order valence-corrected chi connectivity index (χ1v) is 10.2. The topological polar surface area (TPSA) is 95.2 Å². The Kier molecular flexibility index (Phi) is 6.24. The second-order valence-electron chi connectivity index (χ2n) is 7.09. The lowest BCUT2D eigenvalue weighted by Crippen LogP contribution is -2.10. The molecule has 1 heterocycles. The fourth-order valence-corrected chi connectivity index (χ4v) is 3.52. The molecule has 3 aromatic carbocycles. The van der Waals surface area contributed by atoms with E-state index in [1.165, 1.54) is 32.4 Å². The van der Waals surface area contributed by atoms with Gasteiger partial charge >= 0.3 is 5.97 Å². The highest BCUT2D eigenvalue weighted by Crippen LogP contribution is 2.37. The van der Waals surface area contributed by atoms with Gasteiger partial charge in [0.1, 0.15) is 12.2 Å². The van der Waals surface area contributed by atoms with Crippen molar-refractivity contribution in [1.29, 1.82) is 0 Å². The van der Waals surface area contributed by atoms with Crippen LogP contribution in [0.25, 0.3) is 22.3 Å². The van der Waals surface area contributed by atoms with Crippen LogP contribution in [0.3, 0.4) is 0 Å². The van der Waals surface area contributed by atoms with E-state index in [2.05, 4.69) is 0 Å². The standard InChI is InChI=1S/C25H19ClO7/c1-30-20-9-7-16(11-21(20)31-2)23-24(22(27)18-12-17(26)8-10-19(18)33-23)32-13-14-3-5-15(6-4-14)25(28)29/h3-12H,13H2,1-2H3,(H,28,29). The average Bonchev–Trinajstić information content (AvgIpc) is 2.83. The second-order valence-corrected chi connectivity index (χ2v) is 7.53. The molecule has 0 unspecified atom stereocenters. The first-order valence-electron chi connectivity index (χ1n) is 9.85. The first kappa shape index (κ1) is 22.2. The molecule has 0 saturated heterocycles. The minimum atomic E-state index is -1.02. The normalized spacial score (nSPS) is 10.8. The maximum absolute atomic E-state index is 13.3. The quantitative estimate of drug-likeness (QED) is 0.389. The zero-order valence-electron chi connectivity index (χ0n) is 17.8. The van der Waals surface area contributed by atoms with Crippen LogP contribution in [0.1, 0.15) is 15.9 Å². The summed E-state index contributed by atoms with van der Waals surface area (Å²) in [7, 11) is 3.04. The van der Waals surface area contributed by atoms with Gasteiger partial charge in [-0.15, -0.1) is 0 Å². The van der Waals surface area contributed by atoms with Crippen molar-refractivity contribution in [1.82, 2.24) is 0 Å². The highest BCUT2D eigenvalue weighted by atomic mass is 35.5. The highest BCUT2D eigenvalue weighted by Gasteiger charge is 2.20. The van der Waals surface area contributed by atoms with Crippen LogP contribution >= 0.6 is 11.6 Å². The number of carboxylic acid groups (broad SMARTS) is 1. The Labute approximate surface area is 193 Å². The van der Waals surface area contributed by atoms with Crippen LogP contribution in [0, 0.1) is 0 Å². The third kappa shape index (κ3) is 4.49. The van der Waals surface area contributed by atoms with Crippen molar-refractivity contribution in [3.05, 3.63) is 87.0 Å². The summed E-state index contributed by atoms with van der Waals surface area (Å²) in [5.74, 6) is 0.184. The Morgan fingerprint density at radius 1 is 0.970 bits per heavy atom. The highest BCUT2D eigenvalue weighted by molar-refractivity contribution is 6.31. The number of hydrogen-bond donors (Lipinski definition) is 1. The van der Waals surface area contributed by atoms with Crippen molar-refractivity contribution in [3.63, 3.8) is 0 Å². The van der Waals surface area contributed by atoms with E-state index in [1.807, 2.05) is 0 Å². The van der Waals surface area contributed by atoms with Crippen LogP contribution < -0.4 is 19.6 Å². The molecule has 8 heteroatoms. The molecule has 0 amide bonds. The number of halogens is 1. The van der Waals surface area contributed by atoms with E-state index in [-0.39, 0.29) is 34.5 Å². The molecule has 0 saturated carbocycles. The predicted molar refractivity (Wildman–Crippen MR) is 124 cm³/mol.